The largest absolute Gasteiger partial charge is 0.479 e. The van der Waals surface area contributed by atoms with Gasteiger partial charge in [0.15, 0.2) is 6.10 Å². The first-order chi connectivity index (χ1) is 12.4. The molecular weight excluding hydrogens is 375 g/mol. The SMILES string of the molecule is CC1Oc2ccccc2N(CC(=O)NC(C)c2ccc(Cl)cc2Cl)C1=O. The molecule has 2 amide bonds. The van der Waals surface area contributed by atoms with E-state index >= 15 is 0 Å². The lowest BCUT2D eigenvalue weighted by Crippen LogP contribution is -2.49. The molecule has 26 heavy (non-hydrogen) atoms. The van der Waals surface area contributed by atoms with Crippen LogP contribution < -0.4 is 15.0 Å². The van der Waals surface area contributed by atoms with Gasteiger partial charge in [0, 0.05) is 10.0 Å². The Morgan fingerprint density at radius 3 is 2.73 bits per heavy atom. The Kier molecular flexibility index (Phi) is 5.39. The van der Waals surface area contributed by atoms with Gasteiger partial charge in [0.2, 0.25) is 5.91 Å². The molecule has 0 radical (unpaired) electrons. The number of ether oxygens (including phenoxy) is 1. The lowest BCUT2D eigenvalue weighted by molar-refractivity contribution is -0.128. The summed E-state index contributed by atoms with van der Waals surface area (Å²) >= 11 is 12.1. The second kappa shape index (κ2) is 7.56. The van der Waals surface area contributed by atoms with Crippen molar-refractivity contribution in [1.29, 1.82) is 0 Å². The molecule has 1 heterocycles. The van der Waals surface area contributed by atoms with Gasteiger partial charge in [0.25, 0.3) is 5.91 Å². The second-order valence-corrected chi connectivity index (χ2v) is 6.95. The highest BCUT2D eigenvalue weighted by molar-refractivity contribution is 6.35. The van der Waals surface area contributed by atoms with Gasteiger partial charge in [-0.25, -0.2) is 0 Å². The van der Waals surface area contributed by atoms with E-state index in [1.165, 1.54) is 4.90 Å². The minimum Gasteiger partial charge on any atom is -0.479 e. The van der Waals surface area contributed by atoms with E-state index in [1.54, 1.807) is 43.3 Å². The standard InChI is InChI=1S/C19H18Cl2N2O3/c1-11(14-8-7-13(20)9-15(14)21)22-18(24)10-23-16-5-3-4-6-17(16)26-12(2)19(23)25/h3-9,11-12H,10H2,1-2H3,(H,22,24). The molecule has 1 aliphatic heterocycles. The van der Waals surface area contributed by atoms with Crippen LogP contribution in [0.1, 0.15) is 25.5 Å². The minimum atomic E-state index is -0.638. The number of carbonyl (C=O) groups excluding carboxylic acids is 2. The van der Waals surface area contributed by atoms with Crippen LogP contribution in [-0.2, 0) is 9.59 Å². The predicted molar refractivity (Wildman–Crippen MR) is 102 cm³/mol. The monoisotopic (exact) mass is 392 g/mol. The number of carbonyl (C=O) groups is 2. The molecule has 5 nitrogen and oxygen atoms in total. The highest BCUT2D eigenvalue weighted by Gasteiger charge is 2.32. The smallest absolute Gasteiger partial charge is 0.268 e. The van der Waals surface area contributed by atoms with Crippen molar-refractivity contribution in [3.8, 4) is 5.75 Å². The van der Waals surface area contributed by atoms with Gasteiger partial charge in [-0.2, -0.15) is 0 Å². The van der Waals surface area contributed by atoms with Crippen molar-refractivity contribution in [2.45, 2.75) is 26.0 Å². The normalized spacial score (nSPS) is 17.3. The summed E-state index contributed by atoms with van der Waals surface area (Å²) in [7, 11) is 0. The Morgan fingerprint density at radius 2 is 2.00 bits per heavy atom. The molecule has 1 N–H and O–H groups in total. The summed E-state index contributed by atoms with van der Waals surface area (Å²) in [6.45, 7) is 3.39. The molecule has 1 aliphatic rings. The summed E-state index contributed by atoms with van der Waals surface area (Å²) in [5.41, 5.74) is 1.34. The molecule has 0 aromatic heterocycles. The molecule has 2 aromatic rings. The number of para-hydroxylation sites is 2. The number of hydrogen-bond acceptors (Lipinski definition) is 3. The van der Waals surface area contributed by atoms with E-state index in [-0.39, 0.29) is 24.4 Å². The van der Waals surface area contributed by atoms with E-state index in [4.69, 9.17) is 27.9 Å². The average Bonchev–Trinajstić information content (AvgIpc) is 2.58. The van der Waals surface area contributed by atoms with Gasteiger partial charge in [-0.05, 0) is 43.7 Å². The molecule has 0 bridgehead atoms. The third kappa shape index (κ3) is 3.79. The van der Waals surface area contributed by atoms with Crippen molar-refractivity contribution in [2.75, 3.05) is 11.4 Å². The number of nitrogens with one attached hydrogen (secondary N) is 1. The van der Waals surface area contributed by atoms with E-state index in [0.29, 0.717) is 21.5 Å². The highest BCUT2D eigenvalue weighted by Crippen LogP contribution is 2.33. The van der Waals surface area contributed by atoms with Crippen molar-refractivity contribution in [2.24, 2.45) is 0 Å². The Hall–Kier alpha value is -2.24. The van der Waals surface area contributed by atoms with Crippen LogP contribution in [0.2, 0.25) is 10.0 Å². The number of halogens is 2. The molecule has 2 aromatic carbocycles. The summed E-state index contributed by atoms with van der Waals surface area (Å²) in [5.74, 6) is 0.0398. The predicted octanol–water partition coefficient (Wildman–Crippen LogP) is 3.98. The maximum absolute atomic E-state index is 12.5. The topological polar surface area (TPSA) is 58.6 Å². The third-order valence-corrected chi connectivity index (χ3v) is 4.74. The Morgan fingerprint density at radius 1 is 1.27 bits per heavy atom. The summed E-state index contributed by atoms with van der Waals surface area (Å²) in [5, 5.41) is 3.88. The number of benzene rings is 2. The van der Waals surface area contributed by atoms with Crippen LogP contribution in [0.5, 0.6) is 5.75 Å². The molecule has 0 spiro atoms. The lowest BCUT2D eigenvalue weighted by atomic mass is 10.1. The van der Waals surface area contributed by atoms with E-state index in [0.717, 1.165) is 5.56 Å². The molecule has 7 heteroatoms. The Balaban J connectivity index is 1.74. The van der Waals surface area contributed by atoms with Gasteiger partial charge in [-0.15, -0.1) is 0 Å². The van der Waals surface area contributed by atoms with Crippen LogP contribution in [0.15, 0.2) is 42.5 Å². The van der Waals surface area contributed by atoms with Gasteiger partial charge < -0.3 is 10.1 Å². The summed E-state index contributed by atoms with van der Waals surface area (Å²) < 4.78 is 5.58. The first-order valence-electron chi connectivity index (χ1n) is 8.18. The molecule has 0 fully saturated rings. The first-order valence-corrected chi connectivity index (χ1v) is 8.94. The van der Waals surface area contributed by atoms with E-state index in [2.05, 4.69) is 5.32 Å². The van der Waals surface area contributed by atoms with Gasteiger partial charge in [0.1, 0.15) is 12.3 Å². The number of nitrogens with zero attached hydrogens (tertiary/aromatic N) is 1. The van der Waals surface area contributed by atoms with Gasteiger partial charge >= 0.3 is 0 Å². The molecule has 2 atom stereocenters. The number of anilines is 1. The molecular formula is C19H18Cl2N2O3. The van der Waals surface area contributed by atoms with Crippen LogP contribution in [-0.4, -0.2) is 24.5 Å². The fourth-order valence-electron chi connectivity index (χ4n) is 2.88. The van der Waals surface area contributed by atoms with Crippen molar-refractivity contribution in [3.05, 3.63) is 58.1 Å². The highest BCUT2D eigenvalue weighted by atomic mass is 35.5. The first kappa shape index (κ1) is 18.5. The maximum atomic E-state index is 12.5. The van der Waals surface area contributed by atoms with Crippen molar-refractivity contribution < 1.29 is 14.3 Å². The van der Waals surface area contributed by atoms with E-state index in [1.807, 2.05) is 13.0 Å². The maximum Gasteiger partial charge on any atom is 0.268 e. The van der Waals surface area contributed by atoms with Gasteiger partial charge in [-0.1, -0.05) is 41.4 Å². The molecule has 0 saturated carbocycles. The summed E-state index contributed by atoms with van der Waals surface area (Å²) in [6.07, 6.45) is -0.638. The minimum absolute atomic E-state index is 0.0981. The second-order valence-electron chi connectivity index (χ2n) is 6.11. The van der Waals surface area contributed by atoms with E-state index < -0.39 is 6.10 Å². The number of amides is 2. The van der Waals surface area contributed by atoms with Gasteiger partial charge in [-0.3, -0.25) is 14.5 Å². The zero-order valence-electron chi connectivity index (χ0n) is 14.3. The van der Waals surface area contributed by atoms with Crippen LogP contribution in [0.4, 0.5) is 5.69 Å². The van der Waals surface area contributed by atoms with Crippen LogP contribution in [0.25, 0.3) is 0 Å². The van der Waals surface area contributed by atoms with Crippen molar-refractivity contribution in [1.82, 2.24) is 5.32 Å². The van der Waals surface area contributed by atoms with Crippen LogP contribution in [0.3, 0.4) is 0 Å². The lowest BCUT2D eigenvalue weighted by Gasteiger charge is -2.32. The number of hydrogen-bond donors (Lipinski definition) is 1. The van der Waals surface area contributed by atoms with Crippen molar-refractivity contribution in [3.63, 3.8) is 0 Å². The third-order valence-electron chi connectivity index (χ3n) is 4.18. The van der Waals surface area contributed by atoms with Gasteiger partial charge in [0.05, 0.1) is 11.7 Å². The van der Waals surface area contributed by atoms with Crippen LogP contribution in [0, 0.1) is 0 Å². The molecule has 136 valence electrons. The Labute approximate surface area is 161 Å². The molecule has 0 aliphatic carbocycles. The Bertz CT molecular complexity index is 856. The quantitative estimate of drug-likeness (QED) is 0.855. The zero-order chi connectivity index (χ0) is 18.8. The molecule has 2 unspecified atom stereocenters. The number of fused-ring (bicyclic) bond motifs is 1. The fourth-order valence-corrected chi connectivity index (χ4v) is 3.46. The average molecular weight is 393 g/mol. The fraction of sp³-hybridized carbons (Fsp3) is 0.263. The number of rotatable bonds is 4. The summed E-state index contributed by atoms with van der Waals surface area (Å²) in [6, 6.07) is 11.9. The summed E-state index contributed by atoms with van der Waals surface area (Å²) in [4.78, 5) is 26.4. The zero-order valence-corrected chi connectivity index (χ0v) is 15.8. The van der Waals surface area contributed by atoms with Crippen molar-refractivity contribution >= 4 is 40.7 Å². The van der Waals surface area contributed by atoms with Crippen LogP contribution >= 0.6 is 23.2 Å². The van der Waals surface area contributed by atoms with E-state index in [9.17, 15) is 9.59 Å². The molecule has 3 rings (SSSR count). The molecule has 0 saturated heterocycles.